The molecule has 1 aromatic heterocycles. The van der Waals surface area contributed by atoms with E-state index in [2.05, 4.69) is 15.4 Å². The zero-order valence-corrected chi connectivity index (χ0v) is 16.6. The number of anilines is 1. The standard InChI is InChI=1S/C22H20F3N5O/c23-16-6-15(7-17(24)9-16)20-3-4-27-30(20)22(31)29-11-13(12-29)5-14-8-21(26-10-19(14)25)28-18-1-2-18/h4-10,18,20H,1-3,11-12H2,(H,26,28)/t20-/m0/s1. The van der Waals surface area contributed by atoms with Crippen LogP contribution in [0.1, 0.15) is 36.4 Å². The Bertz CT molecular complexity index is 1070. The van der Waals surface area contributed by atoms with Crippen molar-refractivity contribution in [3.8, 4) is 0 Å². The Morgan fingerprint density at radius 3 is 2.55 bits per heavy atom. The first-order valence-corrected chi connectivity index (χ1v) is 10.1. The number of nitrogens with zero attached hydrogens (tertiary/aromatic N) is 4. The number of hydrazone groups is 1. The van der Waals surface area contributed by atoms with Crippen molar-refractivity contribution in [3.05, 3.63) is 64.6 Å². The van der Waals surface area contributed by atoms with E-state index >= 15 is 0 Å². The molecule has 1 N–H and O–H groups in total. The Balaban J connectivity index is 1.26. The average molecular weight is 427 g/mol. The molecule has 3 heterocycles. The molecule has 1 aliphatic carbocycles. The maximum absolute atomic E-state index is 14.1. The number of carbonyl (C=O) groups excluding carboxylic acids is 1. The van der Waals surface area contributed by atoms with Gasteiger partial charge in [-0.2, -0.15) is 5.10 Å². The fourth-order valence-corrected chi connectivity index (χ4v) is 3.76. The second-order valence-electron chi connectivity index (χ2n) is 8.05. The second kappa shape index (κ2) is 7.72. The Hall–Kier alpha value is -3.36. The first-order chi connectivity index (χ1) is 15.0. The molecule has 9 heteroatoms. The summed E-state index contributed by atoms with van der Waals surface area (Å²) in [6.07, 6.45) is 7.04. The summed E-state index contributed by atoms with van der Waals surface area (Å²) in [6, 6.07) is 4.39. The van der Waals surface area contributed by atoms with Crippen LogP contribution in [0.3, 0.4) is 0 Å². The zero-order chi connectivity index (χ0) is 21.5. The Morgan fingerprint density at radius 2 is 1.84 bits per heavy atom. The van der Waals surface area contributed by atoms with Gasteiger partial charge in [0.1, 0.15) is 23.3 Å². The molecule has 0 spiro atoms. The fourth-order valence-electron chi connectivity index (χ4n) is 3.76. The van der Waals surface area contributed by atoms with Crippen molar-refractivity contribution in [1.29, 1.82) is 0 Å². The maximum atomic E-state index is 14.1. The van der Waals surface area contributed by atoms with E-state index in [0.717, 1.165) is 24.5 Å². The highest BCUT2D eigenvalue weighted by Crippen LogP contribution is 2.32. The summed E-state index contributed by atoms with van der Waals surface area (Å²) < 4.78 is 41.3. The number of pyridine rings is 1. The minimum absolute atomic E-state index is 0.336. The third-order valence-corrected chi connectivity index (χ3v) is 5.53. The summed E-state index contributed by atoms with van der Waals surface area (Å²) in [5, 5.41) is 8.58. The average Bonchev–Trinajstić information content (AvgIpc) is 3.36. The highest BCUT2D eigenvalue weighted by Gasteiger charge is 2.35. The Morgan fingerprint density at radius 1 is 1.10 bits per heavy atom. The normalized spacial score (nSPS) is 20.1. The zero-order valence-electron chi connectivity index (χ0n) is 16.6. The van der Waals surface area contributed by atoms with E-state index in [1.807, 2.05) is 0 Å². The van der Waals surface area contributed by atoms with Gasteiger partial charge in [-0.1, -0.05) is 0 Å². The molecular weight excluding hydrogens is 407 g/mol. The van der Waals surface area contributed by atoms with Gasteiger partial charge in [0.2, 0.25) is 0 Å². The molecule has 6 nitrogen and oxygen atoms in total. The predicted octanol–water partition coefficient (Wildman–Crippen LogP) is 4.33. The third-order valence-electron chi connectivity index (χ3n) is 5.53. The summed E-state index contributed by atoms with van der Waals surface area (Å²) >= 11 is 0. The smallest absolute Gasteiger partial charge is 0.341 e. The lowest BCUT2D eigenvalue weighted by atomic mass is 10.0. The Kier molecular flexibility index (Phi) is 4.88. The molecule has 2 fully saturated rings. The van der Waals surface area contributed by atoms with E-state index in [9.17, 15) is 18.0 Å². The van der Waals surface area contributed by atoms with Gasteiger partial charge >= 0.3 is 6.03 Å². The van der Waals surface area contributed by atoms with Crippen molar-refractivity contribution < 1.29 is 18.0 Å². The van der Waals surface area contributed by atoms with Crippen LogP contribution < -0.4 is 5.32 Å². The van der Waals surface area contributed by atoms with Gasteiger partial charge in [0, 0.05) is 43.4 Å². The van der Waals surface area contributed by atoms with Crippen LogP contribution in [0.25, 0.3) is 6.08 Å². The number of nitrogens with one attached hydrogen (secondary N) is 1. The highest BCUT2D eigenvalue weighted by molar-refractivity contribution is 5.81. The summed E-state index contributed by atoms with van der Waals surface area (Å²) in [5.41, 5.74) is 1.68. The monoisotopic (exact) mass is 427 g/mol. The number of urea groups is 1. The van der Waals surface area contributed by atoms with Crippen LogP contribution in [0.2, 0.25) is 0 Å². The van der Waals surface area contributed by atoms with Crippen LogP contribution in [0, 0.1) is 17.5 Å². The highest BCUT2D eigenvalue weighted by atomic mass is 19.1. The van der Waals surface area contributed by atoms with E-state index in [-0.39, 0.29) is 6.03 Å². The summed E-state index contributed by atoms with van der Waals surface area (Å²) in [5.74, 6) is -1.17. The van der Waals surface area contributed by atoms with Crippen LogP contribution in [-0.4, -0.2) is 46.3 Å². The number of rotatable bonds is 4. The van der Waals surface area contributed by atoms with Gasteiger partial charge in [-0.05, 0) is 48.3 Å². The van der Waals surface area contributed by atoms with E-state index < -0.39 is 23.5 Å². The molecule has 0 radical (unpaired) electrons. The molecule has 160 valence electrons. The summed E-state index contributed by atoms with van der Waals surface area (Å²) in [7, 11) is 0. The first kappa shape index (κ1) is 19.6. The van der Waals surface area contributed by atoms with E-state index in [1.54, 1.807) is 23.3 Å². The molecular formula is C22H20F3N5O. The largest absolute Gasteiger partial charge is 0.367 e. The molecule has 3 aliphatic rings. The molecule has 5 rings (SSSR count). The van der Waals surface area contributed by atoms with Gasteiger partial charge < -0.3 is 10.2 Å². The fraction of sp³-hybridized carbons (Fsp3) is 0.318. The number of benzene rings is 1. The van der Waals surface area contributed by atoms with Gasteiger partial charge in [-0.15, -0.1) is 0 Å². The van der Waals surface area contributed by atoms with Crippen molar-refractivity contribution in [2.45, 2.75) is 31.3 Å². The quantitative estimate of drug-likeness (QED) is 0.791. The molecule has 1 atom stereocenters. The molecule has 1 aromatic carbocycles. The number of hydrogen-bond acceptors (Lipinski definition) is 4. The van der Waals surface area contributed by atoms with Gasteiger partial charge in [0.25, 0.3) is 0 Å². The van der Waals surface area contributed by atoms with Crippen LogP contribution in [0.4, 0.5) is 23.8 Å². The number of halogens is 3. The lowest BCUT2D eigenvalue weighted by molar-refractivity contribution is 0.136. The lowest BCUT2D eigenvalue weighted by Crippen LogP contribution is -2.49. The van der Waals surface area contributed by atoms with Crippen LogP contribution in [0.15, 0.2) is 41.1 Å². The number of amides is 2. The molecule has 1 saturated carbocycles. The number of aromatic nitrogens is 1. The second-order valence-corrected chi connectivity index (χ2v) is 8.05. The minimum atomic E-state index is -0.696. The molecule has 0 bridgehead atoms. The molecule has 2 aromatic rings. The van der Waals surface area contributed by atoms with Crippen molar-refractivity contribution in [3.63, 3.8) is 0 Å². The van der Waals surface area contributed by atoms with E-state index in [1.165, 1.54) is 23.3 Å². The van der Waals surface area contributed by atoms with Crippen molar-refractivity contribution >= 4 is 24.1 Å². The molecule has 2 amide bonds. The van der Waals surface area contributed by atoms with Crippen LogP contribution in [-0.2, 0) is 0 Å². The lowest BCUT2D eigenvalue weighted by Gasteiger charge is -2.37. The number of likely N-dealkylation sites (tertiary alicyclic amines) is 1. The van der Waals surface area contributed by atoms with Crippen LogP contribution >= 0.6 is 0 Å². The molecule has 2 aliphatic heterocycles. The number of carbonyl (C=O) groups is 1. The summed E-state index contributed by atoms with van der Waals surface area (Å²) in [6.45, 7) is 0.671. The van der Waals surface area contributed by atoms with Gasteiger partial charge in [-0.3, -0.25) is 0 Å². The van der Waals surface area contributed by atoms with Crippen molar-refractivity contribution in [2.75, 3.05) is 18.4 Å². The van der Waals surface area contributed by atoms with E-state index in [0.29, 0.717) is 42.5 Å². The van der Waals surface area contributed by atoms with Crippen molar-refractivity contribution in [2.24, 2.45) is 5.10 Å². The van der Waals surface area contributed by atoms with Crippen molar-refractivity contribution in [1.82, 2.24) is 14.9 Å². The topological polar surface area (TPSA) is 60.8 Å². The number of hydrogen-bond donors (Lipinski definition) is 1. The minimum Gasteiger partial charge on any atom is -0.367 e. The predicted molar refractivity (Wildman–Crippen MR) is 110 cm³/mol. The molecule has 1 saturated heterocycles. The molecule has 0 unspecified atom stereocenters. The summed E-state index contributed by atoms with van der Waals surface area (Å²) in [4.78, 5) is 18.5. The van der Waals surface area contributed by atoms with Gasteiger partial charge in [-0.25, -0.2) is 28.0 Å². The first-order valence-electron chi connectivity index (χ1n) is 10.1. The Labute approximate surface area is 177 Å². The third kappa shape index (κ3) is 4.12. The maximum Gasteiger partial charge on any atom is 0.341 e. The van der Waals surface area contributed by atoms with Crippen LogP contribution in [0.5, 0.6) is 0 Å². The van der Waals surface area contributed by atoms with E-state index in [4.69, 9.17) is 0 Å². The van der Waals surface area contributed by atoms with Gasteiger partial charge in [0.05, 0.1) is 12.2 Å². The molecule has 31 heavy (non-hydrogen) atoms. The SMILES string of the molecule is O=C(N1CC(=Cc2cc(NC3CC3)ncc2F)C1)N1N=CC[C@H]1c1cc(F)cc(F)c1. The van der Waals surface area contributed by atoms with Gasteiger partial charge in [0.15, 0.2) is 0 Å².